The van der Waals surface area contributed by atoms with Gasteiger partial charge >= 0.3 is 0 Å². The summed E-state index contributed by atoms with van der Waals surface area (Å²) in [5, 5.41) is 5.38. The lowest BCUT2D eigenvalue weighted by atomic mass is 10.2. The van der Waals surface area contributed by atoms with Crippen molar-refractivity contribution in [3.63, 3.8) is 0 Å². The van der Waals surface area contributed by atoms with Gasteiger partial charge in [0.1, 0.15) is 18.2 Å². The minimum Gasteiger partial charge on any atom is -0.491 e. The highest BCUT2D eigenvalue weighted by Gasteiger charge is 2.13. The number of halogens is 1. The Bertz CT molecular complexity index is 1110. The van der Waals surface area contributed by atoms with Crippen LogP contribution in [0.25, 0.3) is 16.6 Å². The van der Waals surface area contributed by atoms with E-state index in [1.165, 1.54) is 11.9 Å². The van der Waals surface area contributed by atoms with Crippen molar-refractivity contribution in [2.24, 2.45) is 0 Å². The highest BCUT2D eigenvalue weighted by Crippen LogP contribution is 2.29. The van der Waals surface area contributed by atoms with Gasteiger partial charge < -0.3 is 9.46 Å². The van der Waals surface area contributed by atoms with Crippen LogP contribution in [0.1, 0.15) is 19.5 Å². The summed E-state index contributed by atoms with van der Waals surface area (Å²) in [6.45, 7) is 3.36. The fourth-order valence-electron chi connectivity index (χ4n) is 2.99. The van der Waals surface area contributed by atoms with Crippen LogP contribution >= 0.6 is 11.9 Å². The molecule has 0 amide bonds. The lowest BCUT2D eigenvalue weighted by Crippen LogP contribution is -2.05. The predicted octanol–water partition coefficient (Wildman–Crippen LogP) is 5.80. The second-order valence-electron chi connectivity index (χ2n) is 6.76. The molecule has 0 bridgehead atoms. The first-order valence-electron chi connectivity index (χ1n) is 9.32. The summed E-state index contributed by atoms with van der Waals surface area (Å²) in [6, 6.07) is 19.2. The van der Waals surface area contributed by atoms with Gasteiger partial charge in [-0.1, -0.05) is 6.07 Å². The van der Waals surface area contributed by atoms with Gasteiger partial charge in [0.05, 0.1) is 23.0 Å². The van der Waals surface area contributed by atoms with Crippen LogP contribution in [-0.4, -0.2) is 20.9 Å². The first-order valence-corrected chi connectivity index (χ1v) is 10.1. The third-order valence-corrected chi connectivity index (χ3v) is 5.04. The van der Waals surface area contributed by atoms with E-state index >= 15 is 0 Å². The van der Waals surface area contributed by atoms with Crippen LogP contribution in [0, 0.1) is 0 Å². The highest BCUT2D eigenvalue weighted by atomic mass is 32.2. The average Bonchev–Trinajstić information content (AvgIpc) is 3.15. The van der Waals surface area contributed by atoms with Crippen molar-refractivity contribution < 1.29 is 9.13 Å². The molecule has 0 unspecified atom stereocenters. The fourth-order valence-corrected chi connectivity index (χ4v) is 3.63. The van der Waals surface area contributed by atoms with Gasteiger partial charge in [-0.25, -0.2) is 9.07 Å². The number of nitrogens with one attached hydrogen (secondary N) is 1. The number of alkyl halides is 1. The molecule has 0 aliphatic rings. The molecule has 2 aromatic heterocycles. The van der Waals surface area contributed by atoms with E-state index in [0.717, 1.165) is 27.2 Å². The molecule has 0 aliphatic carbocycles. The van der Waals surface area contributed by atoms with Crippen LogP contribution in [0.5, 0.6) is 5.75 Å². The molecule has 0 saturated heterocycles. The van der Waals surface area contributed by atoms with Crippen LogP contribution in [0.2, 0.25) is 0 Å². The normalized spacial score (nSPS) is 11.2. The molecule has 2 aromatic carbocycles. The minimum atomic E-state index is -0.628. The lowest BCUT2D eigenvalue weighted by Gasteiger charge is -2.12. The highest BCUT2D eigenvalue weighted by molar-refractivity contribution is 8.00. The number of hydrogen-bond acceptors (Lipinski definition) is 5. The molecule has 2 heterocycles. The SMILES string of the molecule is CC(C)Oc1ccc(SNc2cc(CF)nn2-c2cccc3ncccc23)cc1. The molecule has 0 spiro atoms. The van der Waals surface area contributed by atoms with Crippen molar-refractivity contribution in [3.05, 3.63) is 72.6 Å². The largest absolute Gasteiger partial charge is 0.491 e. The molecule has 4 aromatic rings. The van der Waals surface area contributed by atoms with Gasteiger partial charge in [0.15, 0.2) is 0 Å². The molecule has 0 fully saturated rings. The number of pyridine rings is 1. The van der Waals surface area contributed by atoms with Crippen molar-refractivity contribution in [2.75, 3.05) is 4.72 Å². The van der Waals surface area contributed by atoms with E-state index in [1.807, 2.05) is 68.4 Å². The van der Waals surface area contributed by atoms with Crippen molar-refractivity contribution in [2.45, 2.75) is 31.5 Å². The Morgan fingerprint density at radius 1 is 1.10 bits per heavy atom. The number of fused-ring (bicyclic) bond motifs is 1. The van der Waals surface area contributed by atoms with E-state index in [2.05, 4.69) is 14.8 Å². The van der Waals surface area contributed by atoms with E-state index in [0.29, 0.717) is 11.5 Å². The molecule has 0 aliphatic heterocycles. The van der Waals surface area contributed by atoms with Crippen LogP contribution in [-0.2, 0) is 6.67 Å². The van der Waals surface area contributed by atoms with Gasteiger partial charge in [-0.05, 0) is 74.3 Å². The first-order chi connectivity index (χ1) is 14.1. The van der Waals surface area contributed by atoms with E-state index in [1.54, 1.807) is 16.9 Å². The standard InChI is InChI=1S/C22H21FN4OS/c1-15(2)28-17-8-10-18(11-9-17)29-26-22-13-16(14-23)25-27(22)21-7-3-6-20-19(21)5-4-12-24-20/h3-13,15,26H,14H2,1-2H3. The Morgan fingerprint density at radius 3 is 2.69 bits per heavy atom. The Labute approximate surface area is 173 Å². The number of anilines is 1. The molecule has 0 atom stereocenters. The van der Waals surface area contributed by atoms with E-state index in [4.69, 9.17) is 4.74 Å². The fraction of sp³-hybridized carbons (Fsp3) is 0.182. The quantitative estimate of drug-likeness (QED) is 0.392. The van der Waals surface area contributed by atoms with Crippen LogP contribution in [0.15, 0.2) is 71.8 Å². The third-order valence-electron chi connectivity index (χ3n) is 4.22. The number of benzene rings is 2. The predicted molar refractivity (Wildman–Crippen MR) is 115 cm³/mol. The molecule has 0 saturated carbocycles. The molecule has 29 heavy (non-hydrogen) atoms. The van der Waals surface area contributed by atoms with Crippen molar-refractivity contribution in [3.8, 4) is 11.4 Å². The van der Waals surface area contributed by atoms with E-state index < -0.39 is 6.67 Å². The Morgan fingerprint density at radius 2 is 1.93 bits per heavy atom. The zero-order valence-electron chi connectivity index (χ0n) is 16.2. The number of aromatic nitrogens is 3. The number of ether oxygens (including phenoxy) is 1. The summed E-state index contributed by atoms with van der Waals surface area (Å²) in [5.74, 6) is 1.53. The van der Waals surface area contributed by atoms with Gasteiger partial charge in [-0.2, -0.15) is 5.10 Å². The van der Waals surface area contributed by atoms with Gasteiger partial charge in [0.25, 0.3) is 0 Å². The summed E-state index contributed by atoms with van der Waals surface area (Å²) in [5.41, 5.74) is 2.08. The van der Waals surface area contributed by atoms with Gasteiger partial charge in [0.2, 0.25) is 0 Å². The van der Waals surface area contributed by atoms with Crippen LogP contribution in [0.4, 0.5) is 10.2 Å². The molecule has 7 heteroatoms. The van der Waals surface area contributed by atoms with Crippen molar-refractivity contribution in [1.29, 1.82) is 0 Å². The number of rotatable bonds is 7. The van der Waals surface area contributed by atoms with Crippen molar-refractivity contribution >= 4 is 28.7 Å². The number of nitrogens with zero attached hydrogens (tertiary/aromatic N) is 3. The molecular weight excluding hydrogens is 387 g/mol. The maximum absolute atomic E-state index is 13.3. The maximum Gasteiger partial charge on any atom is 0.140 e. The number of hydrogen-bond donors (Lipinski definition) is 1. The average molecular weight is 409 g/mol. The van der Waals surface area contributed by atoms with Crippen molar-refractivity contribution in [1.82, 2.24) is 14.8 Å². The molecule has 1 N–H and O–H groups in total. The summed E-state index contributed by atoms with van der Waals surface area (Å²) in [7, 11) is 0. The third kappa shape index (κ3) is 4.35. The van der Waals surface area contributed by atoms with Gasteiger partial charge in [-0.15, -0.1) is 0 Å². The molecule has 5 nitrogen and oxygen atoms in total. The first kappa shape index (κ1) is 19.3. The molecule has 0 radical (unpaired) electrons. The van der Waals surface area contributed by atoms with E-state index in [-0.39, 0.29) is 6.10 Å². The van der Waals surface area contributed by atoms with E-state index in [9.17, 15) is 4.39 Å². The van der Waals surface area contributed by atoms with Crippen LogP contribution in [0.3, 0.4) is 0 Å². The summed E-state index contributed by atoms with van der Waals surface area (Å²) in [6.07, 6.45) is 1.89. The summed E-state index contributed by atoms with van der Waals surface area (Å²) < 4.78 is 24.0. The lowest BCUT2D eigenvalue weighted by molar-refractivity contribution is 0.242. The monoisotopic (exact) mass is 408 g/mol. The van der Waals surface area contributed by atoms with Crippen LogP contribution < -0.4 is 9.46 Å². The maximum atomic E-state index is 13.3. The topological polar surface area (TPSA) is 52.0 Å². The zero-order chi connectivity index (χ0) is 20.2. The zero-order valence-corrected chi connectivity index (χ0v) is 17.0. The summed E-state index contributed by atoms with van der Waals surface area (Å²) >= 11 is 1.43. The Balaban J connectivity index is 1.61. The van der Waals surface area contributed by atoms with Gasteiger partial charge in [0, 0.05) is 22.5 Å². The molecular formula is C22H21FN4OS. The Hall–Kier alpha value is -3.06. The smallest absolute Gasteiger partial charge is 0.140 e. The second kappa shape index (κ2) is 8.53. The van der Waals surface area contributed by atoms with Gasteiger partial charge in [-0.3, -0.25) is 4.98 Å². The second-order valence-corrected chi connectivity index (χ2v) is 7.64. The molecule has 4 rings (SSSR count). The minimum absolute atomic E-state index is 0.135. The Kier molecular flexibility index (Phi) is 5.67. The molecule has 148 valence electrons. The summed E-state index contributed by atoms with van der Waals surface area (Å²) in [4.78, 5) is 5.40.